The van der Waals surface area contributed by atoms with Gasteiger partial charge in [0, 0.05) is 49.1 Å². The summed E-state index contributed by atoms with van der Waals surface area (Å²) < 4.78 is 26.2. The highest BCUT2D eigenvalue weighted by atomic mass is 19.1. The molecule has 2 saturated heterocycles. The second-order valence-electron chi connectivity index (χ2n) is 10.9. The predicted molar refractivity (Wildman–Crippen MR) is 150 cm³/mol. The molecular formula is C29H34FN7O3. The lowest BCUT2D eigenvalue weighted by molar-refractivity contribution is -0.129. The number of amides is 1. The minimum Gasteiger partial charge on any atom is -0.462 e. The number of benzene rings is 1. The Balaban J connectivity index is 1.34. The van der Waals surface area contributed by atoms with Crippen LogP contribution in [-0.2, 0) is 11.2 Å². The van der Waals surface area contributed by atoms with Crippen LogP contribution in [0, 0.1) is 6.92 Å². The number of allylic oxidation sites excluding steroid dienone is 1. The van der Waals surface area contributed by atoms with Crippen LogP contribution in [0.5, 0.6) is 11.9 Å². The topological polar surface area (TPSA) is 99.7 Å². The smallest absolute Gasteiger partial charge is 0.321 e. The molecule has 0 spiro atoms. The van der Waals surface area contributed by atoms with Crippen molar-refractivity contribution in [1.82, 2.24) is 30.0 Å². The molecule has 2 atom stereocenters. The molecule has 0 saturated carbocycles. The van der Waals surface area contributed by atoms with Gasteiger partial charge in [-0.25, -0.2) is 4.39 Å². The molecule has 0 bridgehead atoms. The highest BCUT2D eigenvalue weighted by Gasteiger charge is 2.33. The molecule has 10 nitrogen and oxygen atoms in total. The third-order valence-electron chi connectivity index (χ3n) is 8.20. The van der Waals surface area contributed by atoms with Gasteiger partial charge >= 0.3 is 6.01 Å². The largest absolute Gasteiger partial charge is 0.462 e. The first-order valence-electron chi connectivity index (χ1n) is 13.8. The molecule has 3 aliphatic rings. The number of fused-ring (bicyclic) bond motifs is 2. The van der Waals surface area contributed by atoms with Crippen LogP contribution in [0.15, 0.2) is 36.8 Å². The second kappa shape index (κ2) is 10.5. The van der Waals surface area contributed by atoms with E-state index in [0.717, 1.165) is 47.0 Å². The molecule has 0 aliphatic carbocycles. The van der Waals surface area contributed by atoms with Gasteiger partial charge in [0.15, 0.2) is 5.83 Å². The molecule has 3 aromatic rings. The number of H-pyrrole nitrogens is 1. The lowest BCUT2D eigenvalue weighted by atomic mass is 9.99. The SMILES string of the molecule is C=C(F)C(=O)N1CCN(c2nc(OCC3CCCN3C)nc3c2CC=C(c2c(C)ccc4[nH]ncc24)O3)[C@@H](C)C1. The summed E-state index contributed by atoms with van der Waals surface area (Å²) in [5, 5.41) is 8.23. The van der Waals surface area contributed by atoms with Gasteiger partial charge in [0.05, 0.1) is 17.3 Å². The third-order valence-corrected chi connectivity index (χ3v) is 8.20. The maximum Gasteiger partial charge on any atom is 0.321 e. The van der Waals surface area contributed by atoms with Crippen molar-refractivity contribution in [2.24, 2.45) is 0 Å². The van der Waals surface area contributed by atoms with Crippen molar-refractivity contribution in [3.8, 4) is 11.9 Å². The molecule has 1 aromatic carbocycles. The summed E-state index contributed by atoms with van der Waals surface area (Å²) in [6, 6.07) is 4.51. The number of nitrogens with one attached hydrogen (secondary N) is 1. The monoisotopic (exact) mass is 547 g/mol. The van der Waals surface area contributed by atoms with E-state index in [-0.39, 0.29) is 12.1 Å². The zero-order valence-electron chi connectivity index (χ0n) is 23.1. The number of aromatic nitrogens is 4. The number of anilines is 1. The number of ether oxygens (including phenoxy) is 2. The fourth-order valence-electron chi connectivity index (χ4n) is 5.93. The van der Waals surface area contributed by atoms with Crippen LogP contribution in [-0.4, -0.2) is 87.8 Å². The Morgan fingerprint density at radius 2 is 2.12 bits per heavy atom. The lowest BCUT2D eigenvalue weighted by Gasteiger charge is -2.41. The number of piperazine rings is 1. The van der Waals surface area contributed by atoms with E-state index in [1.165, 1.54) is 4.90 Å². The van der Waals surface area contributed by atoms with Crippen LogP contribution in [0.4, 0.5) is 10.2 Å². The van der Waals surface area contributed by atoms with Gasteiger partial charge in [-0.3, -0.25) is 9.89 Å². The molecule has 210 valence electrons. The molecule has 1 N–H and O–H groups in total. The Labute approximate surface area is 232 Å². The number of nitrogens with zero attached hydrogens (tertiary/aromatic N) is 6. The number of aromatic amines is 1. The summed E-state index contributed by atoms with van der Waals surface area (Å²) in [5.74, 6) is 0.280. The van der Waals surface area contributed by atoms with E-state index in [4.69, 9.17) is 19.4 Å². The van der Waals surface area contributed by atoms with Crippen molar-refractivity contribution in [2.75, 3.05) is 44.7 Å². The average molecular weight is 548 g/mol. The number of likely N-dealkylation sites (N-methyl/N-ethyl adjacent to an activating group) is 1. The minimum absolute atomic E-state index is 0.114. The van der Waals surface area contributed by atoms with Gasteiger partial charge in [0.25, 0.3) is 5.91 Å². The predicted octanol–water partition coefficient (Wildman–Crippen LogP) is 3.63. The summed E-state index contributed by atoms with van der Waals surface area (Å²) >= 11 is 0. The molecule has 0 radical (unpaired) electrons. The second-order valence-corrected chi connectivity index (χ2v) is 10.9. The van der Waals surface area contributed by atoms with Crippen LogP contribution in [0.1, 0.15) is 36.5 Å². The van der Waals surface area contributed by atoms with Crippen LogP contribution < -0.4 is 14.4 Å². The number of hydrogen-bond donors (Lipinski definition) is 1. The van der Waals surface area contributed by atoms with E-state index in [9.17, 15) is 9.18 Å². The fraction of sp³-hybridized carbons (Fsp3) is 0.448. The van der Waals surface area contributed by atoms with Crippen molar-refractivity contribution in [3.63, 3.8) is 0 Å². The number of carbonyl (C=O) groups excluding carboxylic acids is 1. The third kappa shape index (κ3) is 4.78. The molecule has 5 heterocycles. The first kappa shape index (κ1) is 26.2. The molecule has 2 aromatic heterocycles. The van der Waals surface area contributed by atoms with E-state index in [2.05, 4.69) is 39.7 Å². The van der Waals surface area contributed by atoms with Crippen LogP contribution in [0.25, 0.3) is 16.7 Å². The fourth-order valence-corrected chi connectivity index (χ4v) is 5.93. The number of halogens is 1. The standard InChI is InChI=1S/C29H34FN7O3/c1-17-7-9-23-22(14-31-34-23)25(17)24-10-8-21-26(37-13-12-36(15-18(37)2)28(38)19(3)30)32-29(33-27(21)40-24)39-16-20-6-5-11-35(20)4/h7,9-10,14,18,20H,3,5-6,8,11-13,15-16H2,1-2,4H3,(H,31,34)/t18-,20?/m0/s1. The van der Waals surface area contributed by atoms with E-state index in [1.54, 1.807) is 0 Å². The van der Waals surface area contributed by atoms with Crippen molar-refractivity contribution in [1.29, 1.82) is 0 Å². The van der Waals surface area contributed by atoms with E-state index < -0.39 is 11.7 Å². The van der Waals surface area contributed by atoms with Gasteiger partial charge in [-0.1, -0.05) is 12.6 Å². The normalized spacial score (nSPS) is 21.2. The lowest BCUT2D eigenvalue weighted by Crippen LogP contribution is -2.54. The Morgan fingerprint density at radius 1 is 1.27 bits per heavy atom. The summed E-state index contributed by atoms with van der Waals surface area (Å²) in [4.78, 5) is 27.7. The molecule has 2 fully saturated rings. The summed E-state index contributed by atoms with van der Waals surface area (Å²) in [5.41, 5.74) is 3.83. The number of rotatable bonds is 6. The van der Waals surface area contributed by atoms with Crippen molar-refractivity contribution in [2.45, 2.75) is 45.2 Å². The van der Waals surface area contributed by atoms with Crippen molar-refractivity contribution < 1.29 is 18.7 Å². The van der Waals surface area contributed by atoms with E-state index in [1.807, 2.05) is 32.2 Å². The molecule has 1 amide bonds. The summed E-state index contributed by atoms with van der Waals surface area (Å²) in [6.07, 6.45) is 6.63. The maximum absolute atomic E-state index is 13.6. The first-order valence-corrected chi connectivity index (χ1v) is 13.8. The number of aryl methyl sites for hydroxylation is 1. The number of hydrogen-bond acceptors (Lipinski definition) is 8. The molecule has 11 heteroatoms. The highest BCUT2D eigenvalue weighted by Crippen LogP contribution is 2.39. The highest BCUT2D eigenvalue weighted by molar-refractivity contribution is 5.92. The summed E-state index contributed by atoms with van der Waals surface area (Å²) in [7, 11) is 2.10. The Morgan fingerprint density at radius 3 is 2.88 bits per heavy atom. The quantitative estimate of drug-likeness (QED) is 0.467. The Kier molecular flexibility index (Phi) is 6.91. The van der Waals surface area contributed by atoms with Crippen molar-refractivity contribution >= 4 is 28.4 Å². The van der Waals surface area contributed by atoms with Gasteiger partial charge in [0.2, 0.25) is 5.88 Å². The molecule has 3 aliphatic heterocycles. The van der Waals surface area contributed by atoms with E-state index in [0.29, 0.717) is 56.2 Å². The maximum atomic E-state index is 13.6. The Bertz CT molecular complexity index is 1500. The molecule has 40 heavy (non-hydrogen) atoms. The number of carbonyl (C=O) groups is 1. The van der Waals surface area contributed by atoms with Gasteiger partial charge in [-0.05, 0) is 58.0 Å². The van der Waals surface area contributed by atoms with Gasteiger partial charge in [-0.15, -0.1) is 0 Å². The van der Waals surface area contributed by atoms with E-state index >= 15 is 0 Å². The summed E-state index contributed by atoms with van der Waals surface area (Å²) in [6.45, 7) is 9.95. The van der Waals surface area contributed by atoms with Crippen LogP contribution in [0.3, 0.4) is 0 Å². The van der Waals surface area contributed by atoms with Gasteiger partial charge < -0.3 is 24.2 Å². The molecular weight excluding hydrogens is 513 g/mol. The molecule has 1 unspecified atom stereocenters. The minimum atomic E-state index is -0.943. The van der Waals surface area contributed by atoms with Crippen molar-refractivity contribution in [3.05, 3.63) is 53.5 Å². The zero-order valence-corrected chi connectivity index (χ0v) is 23.1. The molecule has 6 rings (SSSR count). The van der Waals surface area contributed by atoms with Crippen LogP contribution >= 0.6 is 0 Å². The average Bonchev–Trinajstić information content (AvgIpc) is 3.59. The van der Waals surface area contributed by atoms with Gasteiger partial charge in [0.1, 0.15) is 18.2 Å². The number of likely N-dealkylation sites (tertiary alicyclic amines) is 1. The Hall–Kier alpha value is -3.99. The zero-order chi connectivity index (χ0) is 28.0. The first-order chi connectivity index (χ1) is 19.3. The van der Waals surface area contributed by atoms with Crippen LogP contribution in [0.2, 0.25) is 0 Å². The van der Waals surface area contributed by atoms with Gasteiger partial charge in [-0.2, -0.15) is 15.1 Å².